The number of carbonyl (C=O) groups is 2. The lowest BCUT2D eigenvalue weighted by Gasteiger charge is -2.12. The minimum Gasteiger partial charge on any atom is -0.493 e. The highest BCUT2D eigenvalue weighted by Gasteiger charge is 2.30. The minimum atomic E-state index is -4.42. The Morgan fingerprint density at radius 2 is 1.69 bits per heavy atom. The van der Waals surface area contributed by atoms with Crippen molar-refractivity contribution in [3.05, 3.63) is 89.5 Å². The maximum Gasteiger partial charge on any atom is 0.416 e. The Labute approximate surface area is 199 Å². The number of hydrogen-bond acceptors (Lipinski definition) is 5. The molecule has 0 atom stereocenters. The number of halogens is 3. The SMILES string of the molecule is COc1ccc(C=CC(=O)Nc2ccccc2COc2ccc(C(F)(F)F)cc2)cc1OC(C)=O. The largest absolute Gasteiger partial charge is 0.493 e. The third-order valence-corrected chi connectivity index (χ3v) is 4.72. The average Bonchev–Trinajstić information content (AvgIpc) is 2.81. The van der Waals surface area contributed by atoms with Crippen molar-refractivity contribution in [3.63, 3.8) is 0 Å². The molecule has 6 nitrogen and oxygen atoms in total. The van der Waals surface area contributed by atoms with Crippen molar-refractivity contribution in [1.82, 2.24) is 0 Å². The second-order valence-corrected chi connectivity index (χ2v) is 7.29. The highest BCUT2D eigenvalue weighted by Crippen LogP contribution is 2.31. The van der Waals surface area contributed by atoms with E-state index in [-0.39, 0.29) is 18.1 Å². The van der Waals surface area contributed by atoms with Gasteiger partial charge < -0.3 is 19.5 Å². The molecule has 0 heterocycles. The molecule has 0 aliphatic rings. The number of benzene rings is 3. The second-order valence-electron chi connectivity index (χ2n) is 7.29. The summed E-state index contributed by atoms with van der Waals surface area (Å²) in [5.41, 5.74) is 0.970. The van der Waals surface area contributed by atoms with Crippen LogP contribution in [-0.2, 0) is 22.4 Å². The Hall–Kier alpha value is -4.27. The van der Waals surface area contributed by atoms with Crippen molar-refractivity contribution >= 4 is 23.6 Å². The lowest BCUT2D eigenvalue weighted by molar-refractivity contribution is -0.137. The van der Waals surface area contributed by atoms with Crippen molar-refractivity contribution in [1.29, 1.82) is 0 Å². The Morgan fingerprint density at radius 3 is 2.34 bits per heavy atom. The van der Waals surface area contributed by atoms with E-state index in [9.17, 15) is 22.8 Å². The summed E-state index contributed by atoms with van der Waals surface area (Å²) in [4.78, 5) is 23.8. The van der Waals surface area contributed by atoms with Crippen molar-refractivity contribution < 1.29 is 37.0 Å². The van der Waals surface area contributed by atoms with E-state index in [1.807, 2.05) is 0 Å². The van der Waals surface area contributed by atoms with Gasteiger partial charge in [-0.25, -0.2) is 0 Å². The van der Waals surface area contributed by atoms with E-state index in [1.165, 1.54) is 32.2 Å². The number of ether oxygens (including phenoxy) is 3. The fourth-order valence-corrected chi connectivity index (χ4v) is 3.05. The quantitative estimate of drug-likeness (QED) is 0.245. The first-order valence-electron chi connectivity index (χ1n) is 10.4. The number of carbonyl (C=O) groups excluding carboxylic acids is 2. The van der Waals surface area contributed by atoms with E-state index < -0.39 is 23.6 Å². The Balaban J connectivity index is 1.65. The minimum absolute atomic E-state index is 0.0375. The first-order valence-corrected chi connectivity index (χ1v) is 10.4. The Kier molecular flexibility index (Phi) is 8.14. The third kappa shape index (κ3) is 7.36. The molecule has 0 saturated heterocycles. The zero-order valence-corrected chi connectivity index (χ0v) is 18.9. The van der Waals surface area contributed by atoms with Crippen LogP contribution in [0.5, 0.6) is 17.2 Å². The van der Waals surface area contributed by atoms with Gasteiger partial charge in [-0.1, -0.05) is 24.3 Å². The van der Waals surface area contributed by atoms with Crippen LogP contribution in [0.2, 0.25) is 0 Å². The molecule has 0 radical (unpaired) electrons. The van der Waals surface area contributed by atoms with Crippen molar-refractivity contribution in [3.8, 4) is 17.2 Å². The van der Waals surface area contributed by atoms with Crippen LogP contribution >= 0.6 is 0 Å². The zero-order chi connectivity index (χ0) is 25.4. The van der Waals surface area contributed by atoms with Gasteiger partial charge in [-0.05, 0) is 54.1 Å². The summed E-state index contributed by atoms with van der Waals surface area (Å²) in [5.74, 6) is -0.0478. The molecule has 1 N–H and O–H groups in total. The molecule has 9 heteroatoms. The smallest absolute Gasteiger partial charge is 0.416 e. The molecule has 0 aromatic heterocycles. The van der Waals surface area contributed by atoms with Crippen LogP contribution in [0, 0.1) is 0 Å². The molecule has 182 valence electrons. The fourth-order valence-electron chi connectivity index (χ4n) is 3.05. The van der Waals surface area contributed by atoms with Gasteiger partial charge in [0.05, 0.1) is 12.7 Å². The summed E-state index contributed by atoms with van der Waals surface area (Å²) >= 11 is 0. The van der Waals surface area contributed by atoms with Gasteiger partial charge in [-0.3, -0.25) is 9.59 Å². The maximum atomic E-state index is 12.7. The number of para-hydroxylation sites is 1. The molecule has 0 aliphatic carbocycles. The van der Waals surface area contributed by atoms with Crippen LogP contribution in [0.4, 0.5) is 18.9 Å². The summed E-state index contributed by atoms with van der Waals surface area (Å²) in [6, 6.07) is 16.2. The van der Waals surface area contributed by atoms with Crippen LogP contribution in [0.3, 0.4) is 0 Å². The van der Waals surface area contributed by atoms with Crippen LogP contribution in [0.15, 0.2) is 72.8 Å². The number of anilines is 1. The predicted molar refractivity (Wildman–Crippen MR) is 124 cm³/mol. The van der Waals surface area contributed by atoms with Crippen LogP contribution in [-0.4, -0.2) is 19.0 Å². The van der Waals surface area contributed by atoms with Gasteiger partial charge in [0.25, 0.3) is 0 Å². The number of alkyl halides is 3. The summed E-state index contributed by atoms with van der Waals surface area (Å²) in [7, 11) is 1.45. The molecule has 3 aromatic carbocycles. The lowest BCUT2D eigenvalue weighted by Crippen LogP contribution is -2.11. The van der Waals surface area contributed by atoms with Crippen molar-refractivity contribution in [2.24, 2.45) is 0 Å². The molecule has 35 heavy (non-hydrogen) atoms. The molecular weight excluding hydrogens is 463 g/mol. The van der Waals surface area contributed by atoms with Gasteiger partial charge in [0.1, 0.15) is 12.4 Å². The summed E-state index contributed by atoms with van der Waals surface area (Å²) in [5, 5.41) is 2.75. The molecule has 0 fully saturated rings. The number of rotatable bonds is 8. The summed E-state index contributed by atoms with van der Waals surface area (Å²) < 4.78 is 54.0. The molecule has 0 aliphatic heterocycles. The first-order chi connectivity index (χ1) is 16.7. The van der Waals surface area contributed by atoms with E-state index in [4.69, 9.17) is 14.2 Å². The number of nitrogens with one attached hydrogen (secondary N) is 1. The van der Waals surface area contributed by atoms with Gasteiger partial charge in [0.15, 0.2) is 11.5 Å². The fraction of sp³-hybridized carbons (Fsp3) is 0.154. The number of hydrogen-bond donors (Lipinski definition) is 1. The maximum absolute atomic E-state index is 12.7. The normalized spacial score (nSPS) is 11.2. The highest BCUT2D eigenvalue weighted by atomic mass is 19.4. The third-order valence-electron chi connectivity index (χ3n) is 4.72. The molecule has 1 amide bonds. The number of esters is 1. The predicted octanol–water partition coefficient (Wildman–Crippen LogP) is 5.87. The van der Waals surface area contributed by atoms with E-state index in [2.05, 4.69) is 5.32 Å². The van der Waals surface area contributed by atoms with Gasteiger partial charge in [-0.15, -0.1) is 0 Å². The van der Waals surface area contributed by atoms with Crippen LogP contribution in [0.25, 0.3) is 6.08 Å². The highest BCUT2D eigenvalue weighted by molar-refractivity contribution is 6.02. The van der Waals surface area contributed by atoms with E-state index in [1.54, 1.807) is 48.5 Å². The summed E-state index contributed by atoms with van der Waals surface area (Å²) in [6.45, 7) is 1.31. The second kappa shape index (κ2) is 11.2. The van der Waals surface area contributed by atoms with Crippen LogP contribution in [0.1, 0.15) is 23.6 Å². The van der Waals surface area contributed by atoms with Gasteiger partial charge >= 0.3 is 12.1 Å². The standard InChI is InChI=1S/C26H22F3NO5/c1-17(31)35-24-15-18(7-13-23(24)33-2)8-14-25(32)30-22-6-4-3-5-19(22)16-34-21-11-9-20(10-12-21)26(27,28)29/h3-15H,16H2,1-2H3,(H,30,32). The zero-order valence-electron chi connectivity index (χ0n) is 18.9. The van der Waals surface area contributed by atoms with E-state index in [0.717, 1.165) is 12.1 Å². The summed E-state index contributed by atoms with van der Waals surface area (Å²) in [6.07, 6.45) is -1.56. The number of methoxy groups -OCH3 is 1. The van der Waals surface area contributed by atoms with Gasteiger partial charge in [0, 0.05) is 24.3 Å². The monoisotopic (exact) mass is 485 g/mol. The first kappa shape index (κ1) is 25.4. The molecule has 0 bridgehead atoms. The Bertz CT molecular complexity index is 1220. The Morgan fingerprint density at radius 1 is 0.971 bits per heavy atom. The van der Waals surface area contributed by atoms with Crippen molar-refractivity contribution in [2.75, 3.05) is 12.4 Å². The lowest BCUT2D eigenvalue weighted by atomic mass is 10.1. The average molecular weight is 485 g/mol. The van der Waals surface area contributed by atoms with Gasteiger partial charge in [0.2, 0.25) is 5.91 Å². The molecular formula is C26H22F3NO5. The van der Waals surface area contributed by atoms with Gasteiger partial charge in [-0.2, -0.15) is 13.2 Å². The molecule has 3 aromatic rings. The van der Waals surface area contributed by atoms with E-state index >= 15 is 0 Å². The number of amides is 1. The molecule has 3 rings (SSSR count). The molecule has 0 unspecified atom stereocenters. The molecule has 0 saturated carbocycles. The topological polar surface area (TPSA) is 73.9 Å². The van der Waals surface area contributed by atoms with Crippen LogP contribution < -0.4 is 19.5 Å². The van der Waals surface area contributed by atoms with E-state index in [0.29, 0.717) is 22.6 Å². The van der Waals surface area contributed by atoms with Crippen molar-refractivity contribution in [2.45, 2.75) is 19.7 Å². The molecule has 0 spiro atoms.